The number of aromatic amines is 1. The van der Waals surface area contributed by atoms with Gasteiger partial charge in [-0.3, -0.25) is 19.8 Å². The zero-order valence-corrected chi connectivity index (χ0v) is 19.0. The van der Waals surface area contributed by atoms with Crippen molar-refractivity contribution in [3.8, 4) is 0 Å². The highest BCUT2D eigenvalue weighted by Crippen LogP contribution is 2.41. The molecule has 0 bridgehead atoms. The minimum absolute atomic E-state index is 0.0657. The number of H-pyrrole nitrogens is 1. The number of aromatic nitrogens is 3. The van der Waals surface area contributed by atoms with E-state index in [4.69, 9.17) is 0 Å². The number of likely N-dealkylation sites (N-methyl/N-ethyl adjacent to an activating group) is 1. The van der Waals surface area contributed by atoms with E-state index in [1.165, 1.54) is 12.8 Å². The summed E-state index contributed by atoms with van der Waals surface area (Å²) in [6.45, 7) is 6.25. The first-order valence-corrected chi connectivity index (χ1v) is 11.5. The van der Waals surface area contributed by atoms with Crippen molar-refractivity contribution < 1.29 is 9.59 Å². The lowest BCUT2D eigenvalue weighted by atomic mass is 9.90. The van der Waals surface area contributed by atoms with Gasteiger partial charge in [-0.05, 0) is 45.9 Å². The lowest BCUT2D eigenvalue weighted by Gasteiger charge is -2.51. The molecule has 2 aliphatic heterocycles. The van der Waals surface area contributed by atoms with Crippen molar-refractivity contribution in [2.45, 2.75) is 63.7 Å². The summed E-state index contributed by atoms with van der Waals surface area (Å²) in [5.41, 5.74) is 2.19. The van der Waals surface area contributed by atoms with Crippen LogP contribution in [0.15, 0.2) is 24.4 Å². The summed E-state index contributed by atoms with van der Waals surface area (Å²) in [7, 11) is 2.20. The van der Waals surface area contributed by atoms with Crippen LogP contribution < -0.4 is 5.32 Å². The molecule has 1 saturated heterocycles. The molecule has 3 amide bonds. The van der Waals surface area contributed by atoms with Gasteiger partial charge >= 0.3 is 6.03 Å². The molecule has 1 spiro atoms. The third kappa shape index (κ3) is 3.35. The summed E-state index contributed by atoms with van der Waals surface area (Å²) >= 11 is 0. The largest absolute Gasteiger partial charge is 0.321 e. The fraction of sp³-hybridized carbons (Fsp3) is 0.565. The Hall–Kier alpha value is -2.94. The minimum Gasteiger partial charge on any atom is -0.319 e. The summed E-state index contributed by atoms with van der Waals surface area (Å²) in [5.74, 6) is 0.157. The number of pyridine rings is 1. The summed E-state index contributed by atoms with van der Waals surface area (Å²) in [5, 5.41) is 10.2. The molecule has 2 fully saturated rings. The quantitative estimate of drug-likeness (QED) is 0.753. The molecule has 2 aromatic rings. The van der Waals surface area contributed by atoms with Crippen LogP contribution in [0.25, 0.3) is 0 Å². The van der Waals surface area contributed by atoms with Gasteiger partial charge in [0.25, 0.3) is 5.91 Å². The van der Waals surface area contributed by atoms with E-state index < -0.39 is 0 Å². The maximum Gasteiger partial charge on any atom is 0.321 e. The Bertz CT molecular complexity index is 1010. The third-order valence-corrected chi connectivity index (χ3v) is 7.61. The predicted molar refractivity (Wildman–Crippen MR) is 120 cm³/mol. The first-order chi connectivity index (χ1) is 15.4. The van der Waals surface area contributed by atoms with Crippen LogP contribution in [0.4, 0.5) is 10.6 Å². The smallest absolute Gasteiger partial charge is 0.319 e. The minimum atomic E-state index is -0.312. The van der Waals surface area contributed by atoms with Crippen molar-refractivity contribution >= 4 is 17.8 Å². The molecule has 5 rings (SSSR count). The number of anilines is 1. The van der Waals surface area contributed by atoms with E-state index in [9.17, 15) is 9.59 Å². The Kier molecular flexibility index (Phi) is 5.16. The van der Waals surface area contributed by atoms with Crippen LogP contribution >= 0.6 is 0 Å². The fourth-order valence-electron chi connectivity index (χ4n) is 5.63. The number of carbonyl (C=O) groups excluding carboxylic acids is 2. The molecule has 3 aliphatic rings. The maximum atomic E-state index is 13.7. The van der Waals surface area contributed by atoms with Gasteiger partial charge in [0.1, 0.15) is 5.69 Å². The number of carbonyl (C=O) groups is 2. The fourth-order valence-corrected chi connectivity index (χ4v) is 5.63. The Labute approximate surface area is 188 Å². The molecule has 2 N–H and O–H groups in total. The van der Waals surface area contributed by atoms with Crippen molar-refractivity contribution in [1.29, 1.82) is 0 Å². The second-order valence-electron chi connectivity index (χ2n) is 9.51. The highest BCUT2D eigenvalue weighted by atomic mass is 16.2. The van der Waals surface area contributed by atoms with Crippen LogP contribution in [0.2, 0.25) is 0 Å². The molecule has 9 nitrogen and oxygen atoms in total. The summed E-state index contributed by atoms with van der Waals surface area (Å²) in [6.07, 6.45) is 6.36. The van der Waals surface area contributed by atoms with Gasteiger partial charge in [0, 0.05) is 36.4 Å². The van der Waals surface area contributed by atoms with Crippen LogP contribution in [-0.2, 0) is 6.54 Å². The van der Waals surface area contributed by atoms with Crippen molar-refractivity contribution in [2.24, 2.45) is 0 Å². The van der Waals surface area contributed by atoms with Gasteiger partial charge in [0.15, 0.2) is 5.82 Å². The molecular weight excluding hydrogens is 406 g/mol. The molecule has 0 unspecified atom stereocenters. The average Bonchev–Trinajstić information content (AvgIpc) is 3.50. The second kappa shape index (κ2) is 7.88. The monoisotopic (exact) mass is 437 g/mol. The lowest BCUT2D eigenvalue weighted by Crippen LogP contribution is -2.65. The van der Waals surface area contributed by atoms with Crippen LogP contribution in [-0.4, -0.2) is 73.5 Å². The first kappa shape index (κ1) is 20.9. The molecule has 1 aliphatic carbocycles. The average molecular weight is 438 g/mol. The van der Waals surface area contributed by atoms with Gasteiger partial charge in [0.05, 0.1) is 18.3 Å². The van der Waals surface area contributed by atoms with Gasteiger partial charge in [0.2, 0.25) is 0 Å². The molecule has 0 aromatic carbocycles. The molecule has 0 radical (unpaired) electrons. The van der Waals surface area contributed by atoms with E-state index in [2.05, 4.69) is 44.3 Å². The van der Waals surface area contributed by atoms with Gasteiger partial charge in [-0.2, -0.15) is 5.10 Å². The molecule has 2 atom stereocenters. The number of nitrogens with one attached hydrogen (secondary N) is 2. The van der Waals surface area contributed by atoms with E-state index in [1.807, 2.05) is 11.8 Å². The zero-order chi connectivity index (χ0) is 22.5. The van der Waals surface area contributed by atoms with Crippen molar-refractivity contribution in [1.82, 2.24) is 29.9 Å². The Balaban J connectivity index is 1.33. The highest BCUT2D eigenvalue weighted by molar-refractivity contribution is 6.02. The van der Waals surface area contributed by atoms with E-state index in [-0.39, 0.29) is 29.6 Å². The van der Waals surface area contributed by atoms with Crippen LogP contribution in [0.1, 0.15) is 67.3 Å². The van der Waals surface area contributed by atoms with Crippen molar-refractivity contribution in [2.75, 3.05) is 25.5 Å². The number of fused-ring (bicyclic) bond motifs is 1. The first-order valence-electron chi connectivity index (χ1n) is 11.5. The molecule has 4 heterocycles. The van der Waals surface area contributed by atoms with E-state index in [0.29, 0.717) is 18.1 Å². The van der Waals surface area contributed by atoms with Gasteiger partial charge < -0.3 is 15.1 Å². The SMILES string of the molecule is C[C@H]1CN(C)C2(CCCC2)CN1C(=O)N1Cc2c(NC(=O)c3ccccn3)n[nH]c2[C@@H]1C. The standard InChI is InChI=1S/C23H31N7O2/c1-15-12-28(3)23(9-5-6-10-23)14-30(15)22(32)29-13-17-19(16(29)2)26-27-20(17)25-21(31)18-8-4-7-11-24-18/h4,7-8,11,15-16H,5-6,9-10,12-14H2,1-3H3,(H2,25,26,27,31)/t15-,16-/m0/s1. The summed E-state index contributed by atoms with van der Waals surface area (Å²) < 4.78 is 0. The molecule has 2 aromatic heterocycles. The number of piperazine rings is 1. The molecule has 9 heteroatoms. The van der Waals surface area contributed by atoms with Crippen molar-refractivity contribution in [3.05, 3.63) is 41.3 Å². The molecule has 32 heavy (non-hydrogen) atoms. The maximum absolute atomic E-state index is 13.7. The highest BCUT2D eigenvalue weighted by Gasteiger charge is 2.47. The van der Waals surface area contributed by atoms with Crippen LogP contribution in [0.5, 0.6) is 0 Å². The van der Waals surface area contributed by atoms with E-state index in [1.54, 1.807) is 24.4 Å². The normalized spacial score (nSPS) is 24.7. The zero-order valence-electron chi connectivity index (χ0n) is 19.0. The van der Waals surface area contributed by atoms with E-state index >= 15 is 0 Å². The number of hydrogen-bond donors (Lipinski definition) is 2. The third-order valence-electron chi connectivity index (χ3n) is 7.61. The number of hydrogen-bond acceptors (Lipinski definition) is 5. The summed E-state index contributed by atoms with van der Waals surface area (Å²) in [6, 6.07) is 5.30. The number of amides is 3. The number of nitrogens with zero attached hydrogens (tertiary/aromatic N) is 5. The second-order valence-corrected chi connectivity index (χ2v) is 9.51. The van der Waals surface area contributed by atoms with Gasteiger partial charge in [-0.15, -0.1) is 0 Å². The van der Waals surface area contributed by atoms with Crippen LogP contribution in [0, 0.1) is 0 Å². The van der Waals surface area contributed by atoms with Gasteiger partial charge in [-0.1, -0.05) is 18.9 Å². The Morgan fingerprint density at radius 2 is 1.97 bits per heavy atom. The topological polar surface area (TPSA) is 97.5 Å². The van der Waals surface area contributed by atoms with E-state index in [0.717, 1.165) is 37.2 Å². The predicted octanol–water partition coefficient (Wildman–Crippen LogP) is 3.00. The van der Waals surface area contributed by atoms with Gasteiger partial charge in [-0.25, -0.2) is 4.79 Å². The Morgan fingerprint density at radius 3 is 2.69 bits per heavy atom. The molecular formula is C23H31N7O2. The lowest BCUT2D eigenvalue weighted by molar-refractivity contribution is -0.00236. The van der Waals surface area contributed by atoms with Crippen molar-refractivity contribution in [3.63, 3.8) is 0 Å². The Morgan fingerprint density at radius 1 is 1.19 bits per heavy atom. The van der Waals surface area contributed by atoms with Crippen LogP contribution in [0.3, 0.4) is 0 Å². The molecule has 170 valence electrons. The number of rotatable bonds is 2. The molecule has 1 saturated carbocycles. The summed E-state index contributed by atoms with van der Waals surface area (Å²) in [4.78, 5) is 36.8. The number of urea groups is 1.